The number of ether oxygens (including phenoxy) is 1. The number of nitrogens with one attached hydrogen (secondary N) is 1. The first kappa shape index (κ1) is 17.6. The highest BCUT2D eigenvalue weighted by Crippen LogP contribution is 2.37. The molecule has 2 aromatic heterocycles. The first-order valence-corrected chi connectivity index (χ1v) is 9.25. The van der Waals surface area contributed by atoms with Gasteiger partial charge in [-0.05, 0) is 51.7 Å². The van der Waals surface area contributed by atoms with Crippen LogP contribution in [0.4, 0.5) is 5.82 Å². The minimum atomic E-state index is 0.797. The van der Waals surface area contributed by atoms with Crippen molar-refractivity contribution in [3.63, 3.8) is 0 Å². The summed E-state index contributed by atoms with van der Waals surface area (Å²) in [5.41, 5.74) is 2.31. The fourth-order valence-corrected chi connectivity index (χ4v) is 3.75. The SMILES string of the molecule is COc1ccc(-c2csc3nc(C)nc(NCCCN(C)C)c23)cc1. The second-order valence-corrected chi connectivity index (χ2v) is 7.12. The Hall–Kier alpha value is -2.18. The molecule has 0 spiro atoms. The fourth-order valence-electron chi connectivity index (χ4n) is 2.76. The molecule has 0 atom stereocenters. The zero-order chi connectivity index (χ0) is 17.8. The first-order valence-electron chi connectivity index (χ1n) is 8.37. The summed E-state index contributed by atoms with van der Waals surface area (Å²) in [4.78, 5) is 12.5. The van der Waals surface area contributed by atoms with Crippen molar-refractivity contribution in [2.24, 2.45) is 0 Å². The summed E-state index contributed by atoms with van der Waals surface area (Å²) in [5, 5.41) is 6.77. The summed E-state index contributed by atoms with van der Waals surface area (Å²) >= 11 is 1.66. The molecule has 5 nitrogen and oxygen atoms in total. The average Bonchev–Trinajstić information content (AvgIpc) is 3.02. The minimum absolute atomic E-state index is 0.797. The molecule has 0 unspecified atom stereocenters. The number of benzene rings is 1. The van der Waals surface area contributed by atoms with Crippen molar-refractivity contribution in [1.82, 2.24) is 14.9 Å². The summed E-state index contributed by atoms with van der Waals surface area (Å²) < 4.78 is 5.26. The van der Waals surface area contributed by atoms with Gasteiger partial charge in [0.1, 0.15) is 22.2 Å². The lowest BCUT2D eigenvalue weighted by molar-refractivity contribution is 0.405. The maximum atomic E-state index is 5.26. The molecule has 25 heavy (non-hydrogen) atoms. The molecule has 3 rings (SSSR count). The number of hydrogen-bond acceptors (Lipinski definition) is 6. The molecule has 3 aromatic rings. The van der Waals surface area contributed by atoms with E-state index in [1.807, 2.05) is 19.1 Å². The minimum Gasteiger partial charge on any atom is -0.497 e. The number of fused-ring (bicyclic) bond motifs is 1. The highest BCUT2D eigenvalue weighted by atomic mass is 32.1. The van der Waals surface area contributed by atoms with E-state index in [1.165, 1.54) is 0 Å². The highest BCUT2D eigenvalue weighted by Gasteiger charge is 2.14. The number of thiophene rings is 1. The van der Waals surface area contributed by atoms with Crippen LogP contribution in [0.1, 0.15) is 12.2 Å². The highest BCUT2D eigenvalue weighted by molar-refractivity contribution is 7.17. The summed E-state index contributed by atoms with van der Waals surface area (Å²) in [6, 6.07) is 8.13. The molecule has 0 fully saturated rings. The lowest BCUT2D eigenvalue weighted by Crippen LogP contribution is -2.16. The molecule has 132 valence electrons. The zero-order valence-corrected chi connectivity index (χ0v) is 16.0. The quantitative estimate of drug-likeness (QED) is 0.648. The second kappa shape index (κ2) is 7.80. The van der Waals surface area contributed by atoms with E-state index in [-0.39, 0.29) is 0 Å². The van der Waals surface area contributed by atoms with Crippen LogP contribution in [0.2, 0.25) is 0 Å². The van der Waals surface area contributed by atoms with Gasteiger partial charge in [-0.25, -0.2) is 9.97 Å². The molecular weight excluding hydrogens is 332 g/mol. The fraction of sp³-hybridized carbons (Fsp3) is 0.368. The van der Waals surface area contributed by atoms with Crippen LogP contribution in [-0.4, -0.2) is 49.2 Å². The van der Waals surface area contributed by atoms with Gasteiger partial charge in [0.05, 0.1) is 12.5 Å². The zero-order valence-electron chi connectivity index (χ0n) is 15.2. The molecule has 2 heterocycles. The Morgan fingerprint density at radius 3 is 2.60 bits per heavy atom. The molecule has 0 bridgehead atoms. The molecule has 0 amide bonds. The van der Waals surface area contributed by atoms with E-state index in [0.717, 1.165) is 58.2 Å². The number of nitrogens with zero attached hydrogens (tertiary/aromatic N) is 3. The van der Waals surface area contributed by atoms with Crippen LogP contribution in [-0.2, 0) is 0 Å². The molecule has 1 N–H and O–H groups in total. The summed E-state index contributed by atoms with van der Waals surface area (Å²) in [5.74, 6) is 2.58. The Bertz CT molecular complexity index is 843. The molecule has 0 saturated carbocycles. The lowest BCUT2D eigenvalue weighted by atomic mass is 10.1. The largest absolute Gasteiger partial charge is 0.497 e. The molecule has 0 aliphatic heterocycles. The Morgan fingerprint density at radius 1 is 1.16 bits per heavy atom. The maximum Gasteiger partial charge on any atom is 0.139 e. The van der Waals surface area contributed by atoms with Crippen molar-refractivity contribution in [3.05, 3.63) is 35.5 Å². The van der Waals surface area contributed by atoms with Crippen LogP contribution in [0.5, 0.6) is 5.75 Å². The topological polar surface area (TPSA) is 50.3 Å². The van der Waals surface area contributed by atoms with Crippen molar-refractivity contribution in [2.75, 3.05) is 39.6 Å². The number of methoxy groups -OCH3 is 1. The van der Waals surface area contributed by atoms with Gasteiger partial charge >= 0.3 is 0 Å². The molecule has 1 aromatic carbocycles. The maximum absolute atomic E-state index is 5.26. The number of anilines is 1. The summed E-state index contributed by atoms with van der Waals surface area (Å²) in [7, 11) is 5.86. The van der Waals surface area contributed by atoms with Gasteiger partial charge in [0.25, 0.3) is 0 Å². The van der Waals surface area contributed by atoms with Gasteiger partial charge in [-0.15, -0.1) is 11.3 Å². The molecule has 0 aliphatic rings. The van der Waals surface area contributed by atoms with Gasteiger partial charge in [0.15, 0.2) is 0 Å². The second-order valence-electron chi connectivity index (χ2n) is 6.26. The van der Waals surface area contributed by atoms with E-state index < -0.39 is 0 Å². The van der Waals surface area contributed by atoms with Crippen molar-refractivity contribution in [2.45, 2.75) is 13.3 Å². The standard InChI is InChI=1S/C19H24N4OS/c1-13-21-18(20-10-5-11-23(2)3)17-16(12-25-19(17)22-13)14-6-8-15(24-4)9-7-14/h6-9,12H,5,10-11H2,1-4H3,(H,20,21,22). The Balaban J connectivity index is 1.93. The van der Waals surface area contributed by atoms with E-state index in [4.69, 9.17) is 4.74 Å². The van der Waals surface area contributed by atoms with Gasteiger partial charge in [-0.1, -0.05) is 12.1 Å². The lowest BCUT2D eigenvalue weighted by Gasteiger charge is -2.12. The normalized spacial score (nSPS) is 11.2. The summed E-state index contributed by atoms with van der Waals surface area (Å²) in [6.07, 6.45) is 1.07. The van der Waals surface area contributed by atoms with Gasteiger partial charge in [-0.2, -0.15) is 0 Å². The third-order valence-corrected chi connectivity index (χ3v) is 4.89. The number of hydrogen-bond donors (Lipinski definition) is 1. The van der Waals surface area contributed by atoms with E-state index in [9.17, 15) is 0 Å². The van der Waals surface area contributed by atoms with Gasteiger partial charge in [-0.3, -0.25) is 0 Å². The van der Waals surface area contributed by atoms with Crippen LogP contribution in [0, 0.1) is 6.92 Å². The third kappa shape index (κ3) is 4.08. The van der Waals surface area contributed by atoms with Gasteiger partial charge < -0.3 is 15.0 Å². The Kier molecular flexibility index (Phi) is 5.50. The smallest absolute Gasteiger partial charge is 0.139 e. The molecule has 0 aliphatic carbocycles. The van der Waals surface area contributed by atoms with Crippen molar-refractivity contribution < 1.29 is 4.74 Å². The third-order valence-electron chi connectivity index (χ3n) is 4.02. The summed E-state index contributed by atoms with van der Waals surface area (Å²) in [6.45, 7) is 3.88. The van der Waals surface area contributed by atoms with Crippen molar-refractivity contribution in [1.29, 1.82) is 0 Å². The predicted molar refractivity (Wildman–Crippen MR) is 106 cm³/mol. The molecule has 0 saturated heterocycles. The number of aryl methyl sites for hydroxylation is 1. The van der Waals surface area contributed by atoms with E-state index >= 15 is 0 Å². The van der Waals surface area contributed by atoms with Crippen molar-refractivity contribution >= 4 is 27.4 Å². The van der Waals surface area contributed by atoms with Gasteiger partial charge in [0, 0.05) is 17.5 Å². The number of aromatic nitrogens is 2. The van der Waals surface area contributed by atoms with E-state index in [2.05, 4.69) is 51.8 Å². The van der Waals surface area contributed by atoms with Crippen LogP contribution in [0.25, 0.3) is 21.3 Å². The Labute approximate surface area is 152 Å². The van der Waals surface area contributed by atoms with Gasteiger partial charge in [0.2, 0.25) is 0 Å². The van der Waals surface area contributed by atoms with Crippen LogP contribution < -0.4 is 10.1 Å². The molecule has 6 heteroatoms. The molecule has 0 radical (unpaired) electrons. The monoisotopic (exact) mass is 356 g/mol. The molecular formula is C19H24N4OS. The van der Waals surface area contributed by atoms with E-state index in [0.29, 0.717) is 0 Å². The average molecular weight is 356 g/mol. The van der Waals surface area contributed by atoms with E-state index in [1.54, 1.807) is 18.4 Å². The van der Waals surface area contributed by atoms with Crippen LogP contribution in [0.3, 0.4) is 0 Å². The number of rotatable bonds is 7. The van der Waals surface area contributed by atoms with Crippen molar-refractivity contribution in [3.8, 4) is 16.9 Å². The Morgan fingerprint density at radius 2 is 1.92 bits per heavy atom. The predicted octanol–water partition coefficient (Wildman–Crippen LogP) is 4.04. The first-order chi connectivity index (χ1) is 12.1. The van der Waals surface area contributed by atoms with Crippen LogP contribution >= 0.6 is 11.3 Å². The van der Waals surface area contributed by atoms with Crippen LogP contribution in [0.15, 0.2) is 29.6 Å².